The number of rotatable bonds is 4. The van der Waals surface area contributed by atoms with Gasteiger partial charge in [0.2, 0.25) is 5.91 Å². The van der Waals surface area contributed by atoms with Crippen LogP contribution in [0.15, 0.2) is 80.8 Å². The molecule has 1 unspecified atom stereocenters. The predicted molar refractivity (Wildman–Crippen MR) is 128 cm³/mol. The molecule has 32 heavy (non-hydrogen) atoms. The molecule has 2 aliphatic rings. The van der Waals surface area contributed by atoms with Crippen molar-refractivity contribution in [2.75, 3.05) is 18.0 Å². The first-order valence-corrected chi connectivity index (χ1v) is 11.7. The zero-order valence-electron chi connectivity index (χ0n) is 16.5. The average Bonchev–Trinajstić information content (AvgIpc) is 3.25. The fraction of sp³-hybridized carbons (Fsp3) is 0.136. The van der Waals surface area contributed by atoms with E-state index in [4.69, 9.17) is 34.8 Å². The van der Waals surface area contributed by atoms with Crippen LogP contribution in [0.3, 0.4) is 0 Å². The Labute approximate surface area is 204 Å². The van der Waals surface area contributed by atoms with E-state index in [2.05, 4.69) is 15.8 Å². The van der Waals surface area contributed by atoms with E-state index in [-0.39, 0.29) is 18.5 Å². The standard InChI is InChI=1S/C22H16Cl3N5OS/c23-13-8-9-20-18(10-13)29(17-7-3-6-16(25)22(17)32-20)21(31)12-27-30-19(11-26-28-30)14-4-1-2-5-15(14)24/h1-10,19,27H,11-12H2. The van der Waals surface area contributed by atoms with Crippen LogP contribution in [0.25, 0.3) is 0 Å². The molecule has 0 aliphatic carbocycles. The molecule has 5 rings (SSSR count). The molecule has 162 valence electrons. The lowest BCUT2D eigenvalue weighted by Crippen LogP contribution is -2.43. The van der Waals surface area contributed by atoms with Gasteiger partial charge in [0.15, 0.2) is 0 Å². The maximum Gasteiger partial charge on any atom is 0.247 e. The molecule has 0 saturated carbocycles. The summed E-state index contributed by atoms with van der Waals surface area (Å²) in [4.78, 5) is 16.8. The number of benzene rings is 3. The first-order valence-electron chi connectivity index (χ1n) is 9.76. The van der Waals surface area contributed by atoms with Crippen LogP contribution in [0.2, 0.25) is 15.1 Å². The molecule has 10 heteroatoms. The Balaban J connectivity index is 1.41. The minimum Gasteiger partial charge on any atom is -0.277 e. The van der Waals surface area contributed by atoms with Crippen LogP contribution >= 0.6 is 46.6 Å². The van der Waals surface area contributed by atoms with Crippen molar-refractivity contribution in [2.24, 2.45) is 10.3 Å². The van der Waals surface area contributed by atoms with E-state index < -0.39 is 0 Å². The second kappa shape index (κ2) is 8.92. The largest absolute Gasteiger partial charge is 0.277 e. The van der Waals surface area contributed by atoms with Gasteiger partial charge in [-0.15, -0.1) is 0 Å². The van der Waals surface area contributed by atoms with Gasteiger partial charge < -0.3 is 0 Å². The van der Waals surface area contributed by atoms with Gasteiger partial charge in [-0.05, 0) is 42.0 Å². The number of hydrazine groups is 1. The van der Waals surface area contributed by atoms with E-state index in [0.29, 0.717) is 21.6 Å². The van der Waals surface area contributed by atoms with Gasteiger partial charge in [0.25, 0.3) is 0 Å². The first-order chi connectivity index (χ1) is 15.5. The molecule has 2 heterocycles. The third kappa shape index (κ3) is 3.95. The number of carbonyl (C=O) groups is 1. The van der Waals surface area contributed by atoms with Crippen molar-refractivity contribution in [3.8, 4) is 0 Å². The molecule has 6 nitrogen and oxygen atoms in total. The summed E-state index contributed by atoms with van der Waals surface area (Å²) in [5.41, 5.74) is 5.42. The first kappa shape index (κ1) is 21.6. The summed E-state index contributed by atoms with van der Waals surface area (Å²) in [6.45, 7) is 0.435. The molecule has 3 aromatic rings. The maximum atomic E-state index is 13.5. The Bertz CT molecular complexity index is 1240. The SMILES string of the molecule is O=C(CNN1N=NCC1c1ccccc1Cl)N1c2cc(Cl)ccc2Sc2c(Cl)cccc21. The summed E-state index contributed by atoms with van der Waals surface area (Å²) in [6.07, 6.45) is 0. The van der Waals surface area contributed by atoms with Crippen LogP contribution in [-0.4, -0.2) is 24.1 Å². The van der Waals surface area contributed by atoms with Gasteiger partial charge >= 0.3 is 0 Å². The summed E-state index contributed by atoms with van der Waals surface area (Å²) < 4.78 is 0. The zero-order chi connectivity index (χ0) is 22.2. The highest BCUT2D eigenvalue weighted by Gasteiger charge is 2.31. The maximum absolute atomic E-state index is 13.5. The van der Waals surface area contributed by atoms with Gasteiger partial charge in [0.1, 0.15) is 6.04 Å². The number of halogens is 3. The van der Waals surface area contributed by atoms with Crippen LogP contribution in [0, 0.1) is 0 Å². The molecule has 1 amide bonds. The van der Waals surface area contributed by atoms with Gasteiger partial charge in [0, 0.05) is 14.9 Å². The number of nitrogens with one attached hydrogen (secondary N) is 1. The third-order valence-electron chi connectivity index (χ3n) is 5.18. The normalized spacial score (nSPS) is 16.8. The number of hydrogen-bond acceptors (Lipinski definition) is 6. The van der Waals surface area contributed by atoms with Gasteiger partial charge in [-0.3, -0.25) is 9.69 Å². The highest BCUT2D eigenvalue weighted by Crippen LogP contribution is 2.51. The van der Waals surface area contributed by atoms with Crippen molar-refractivity contribution in [1.29, 1.82) is 0 Å². The van der Waals surface area contributed by atoms with Crippen LogP contribution in [0.1, 0.15) is 11.6 Å². The lowest BCUT2D eigenvalue weighted by Gasteiger charge is -2.32. The molecular weight excluding hydrogens is 489 g/mol. The van der Waals surface area contributed by atoms with Crippen LogP contribution < -0.4 is 10.3 Å². The van der Waals surface area contributed by atoms with Gasteiger partial charge in [-0.2, -0.15) is 5.11 Å². The number of amides is 1. The van der Waals surface area contributed by atoms with Gasteiger partial charge in [-0.1, -0.05) is 76.1 Å². The molecule has 0 spiro atoms. The average molecular weight is 505 g/mol. The molecule has 0 radical (unpaired) electrons. The molecule has 0 bridgehead atoms. The minimum atomic E-state index is -0.197. The molecule has 0 saturated heterocycles. The van der Waals surface area contributed by atoms with E-state index >= 15 is 0 Å². The number of fused-ring (bicyclic) bond motifs is 2. The summed E-state index contributed by atoms with van der Waals surface area (Å²) in [7, 11) is 0. The molecule has 1 N–H and O–H groups in total. The Morgan fingerprint density at radius 1 is 1.03 bits per heavy atom. The van der Waals surface area contributed by atoms with Gasteiger partial charge in [0.05, 0.1) is 34.4 Å². The van der Waals surface area contributed by atoms with Crippen molar-refractivity contribution in [1.82, 2.24) is 10.5 Å². The molecule has 1 atom stereocenters. The number of hydrogen-bond donors (Lipinski definition) is 1. The van der Waals surface area contributed by atoms with Crippen LogP contribution in [0.4, 0.5) is 11.4 Å². The fourth-order valence-electron chi connectivity index (χ4n) is 3.70. The Morgan fingerprint density at radius 2 is 1.84 bits per heavy atom. The highest BCUT2D eigenvalue weighted by molar-refractivity contribution is 7.99. The fourth-order valence-corrected chi connectivity index (χ4v) is 5.45. The lowest BCUT2D eigenvalue weighted by molar-refractivity contribution is -0.118. The summed E-state index contributed by atoms with van der Waals surface area (Å²) in [5.74, 6) is -0.183. The van der Waals surface area contributed by atoms with Crippen molar-refractivity contribution in [3.63, 3.8) is 0 Å². The van der Waals surface area contributed by atoms with E-state index in [1.165, 1.54) is 11.8 Å². The van der Waals surface area contributed by atoms with Crippen molar-refractivity contribution >= 4 is 63.8 Å². The van der Waals surface area contributed by atoms with Crippen LogP contribution in [-0.2, 0) is 4.79 Å². The Morgan fingerprint density at radius 3 is 2.69 bits per heavy atom. The molecule has 0 aromatic heterocycles. The van der Waals surface area contributed by atoms with Crippen LogP contribution in [0.5, 0.6) is 0 Å². The lowest BCUT2D eigenvalue weighted by atomic mass is 10.1. The van der Waals surface area contributed by atoms with Crippen molar-refractivity contribution in [2.45, 2.75) is 15.8 Å². The minimum absolute atomic E-state index is 0.0114. The number of nitrogens with zero attached hydrogens (tertiary/aromatic N) is 4. The quantitative estimate of drug-likeness (QED) is 0.429. The van der Waals surface area contributed by atoms with E-state index in [9.17, 15) is 4.79 Å². The second-order valence-corrected chi connectivity index (χ2v) is 9.46. The third-order valence-corrected chi connectivity index (χ3v) is 7.38. The summed E-state index contributed by atoms with van der Waals surface area (Å²) in [5, 5.41) is 11.6. The Hall–Kier alpha value is -2.29. The number of carbonyl (C=O) groups excluding carboxylic acids is 1. The van der Waals surface area contributed by atoms with E-state index in [1.54, 1.807) is 22.2 Å². The molecular formula is C22H16Cl3N5OS. The predicted octanol–water partition coefficient (Wildman–Crippen LogP) is 6.70. The summed E-state index contributed by atoms with van der Waals surface area (Å²) >= 11 is 20.6. The summed E-state index contributed by atoms with van der Waals surface area (Å²) in [6, 6.07) is 18.3. The molecule has 0 fully saturated rings. The monoisotopic (exact) mass is 503 g/mol. The zero-order valence-corrected chi connectivity index (χ0v) is 19.6. The Kier molecular flexibility index (Phi) is 6.01. The number of anilines is 2. The van der Waals surface area contributed by atoms with Crippen molar-refractivity contribution < 1.29 is 4.79 Å². The second-order valence-electron chi connectivity index (χ2n) is 7.16. The highest BCUT2D eigenvalue weighted by atomic mass is 35.5. The molecule has 2 aliphatic heterocycles. The van der Waals surface area contributed by atoms with Crippen molar-refractivity contribution in [3.05, 3.63) is 81.3 Å². The van der Waals surface area contributed by atoms with Gasteiger partial charge in [-0.25, -0.2) is 10.5 Å². The molecule has 3 aromatic carbocycles. The topological polar surface area (TPSA) is 60.3 Å². The van der Waals surface area contributed by atoms with E-state index in [0.717, 1.165) is 26.7 Å². The van der Waals surface area contributed by atoms with E-state index in [1.807, 2.05) is 48.5 Å². The smallest absolute Gasteiger partial charge is 0.247 e.